The highest BCUT2D eigenvalue weighted by Crippen LogP contribution is 2.55. The molecule has 0 spiro atoms. The van der Waals surface area contributed by atoms with Crippen LogP contribution in [0.5, 0.6) is 0 Å². The normalized spacial score (nSPS) is 30.7. The molecule has 0 radical (unpaired) electrons. The van der Waals surface area contributed by atoms with E-state index in [9.17, 15) is 14.7 Å². The molecule has 2 aliphatic rings. The molecular weight excluding hydrogens is 272 g/mol. The monoisotopic (exact) mass is 290 g/mol. The first-order valence-electron chi connectivity index (χ1n) is 6.24. The molecular formula is C12H18O4S2. The van der Waals surface area contributed by atoms with Gasteiger partial charge in [-0.2, -0.15) is 0 Å². The molecule has 2 atom stereocenters. The fourth-order valence-corrected chi connectivity index (χ4v) is 6.19. The zero-order valence-electron chi connectivity index (χ0n) is 10.4. The molecule has 6 heteroatoms. The smallest absolute Gasteiger partial charge is 0.332 e. The highest BCUT2D eigenvalue weighted by atomic mass is 32.2. The van der Waals surface area contributed by atoms with Gasteiger partial charge in [0.25, 0.3) is 0 Å². The maximum Gasteiger partial charge on any atom is 0.332 e. The predicted molar refractivity (Wildman–Crippen MR) is 72.6 cm³/mol. The maximum atomic E-state index is 12.3. The average molecular weight is 290 g/mol. The van der Waals surface area contributed by atoms with Gasteiger partial charge in [-0.3, -0.25) is 4.79 Å². The van der Waals surface area contributed by atoms with Crippen LogP contribution >= 0.6 is 23.5 Å². The van der Waals surface area contributed by atoms with Gasteiger partial charge in [0.2, 0.25) is 0 Å². The van der Waals surface area contributed by atoms with Gasteiger partial charge in [0.15, 0.2) is 4.08 Å². The number of thioether (sulfide) groups is 2. The van der Waals surface area contributed by atoms with Crippen molar-refractivity contribution in [2.75, 3.05) is 24.7 Å². The summed E-state index contributed by atoms with van der Waals surface area (Å²) in [5.41, 5.74) is 0. The van der Waals surface area contributed by atoms with Crippen molar-refractivity contribution in [3.05, 3.63) is 0 Å². The number of ether oxygens (including phenoxy) is 1. The number of hydrogen-bond acceptors (Lipinski definition) is 6. The summed E-state index contributed by atoms with van der Waals surface area (Å²) >= 11 is 3.16. The van der Waals surface area contributed by atoms with Gasteiger partial charge in [-0.05, 0) is 13.3 Å². The van der Waals surface area contributed by atoms with Crippen molar-refractivity contribution in [1.82, 2.24) is 0 Å². The van der Waals surface area contributed by atoms with E-state index in [0.717, 1.165) is 11.5 Å². The Morgan fingerprint density at radius 2 is 2.17 bits per heavy atom. The Hall–Kier alpha value is -0.200. The van der Waals surface area contributed by atoms with Gasteiger partial charge in [0, 0.05) is 29.8 Å². The van der Waals surface area contributed by atoms with Crippen molar-refractivity contribution in [1.29, 1.82) is 0 Å². The second-order valence-corrected chi connectivity index (χ2v) is 7.43. The molecule has 0 bridgehead atoms. The molecule has 1 aliphatic carbocycles. The van der Waals surface area contributed by atoms with Crippen molar-refractivity contribution in [3.63, 3.8) is 0 Å². The lowest BCUT2D eigenvalue weighted by Crippen LogP contribution is -2.43. The molecule has 0 aromatic rings. The summed E-state index contributed by atoms with van der Waals surface area (Å²) in [5.74, 6) is 1.16. The third kappa shape index (κ3) is 2.30. The van der Waals surface area contributed by atoms with Crippen molar-refractivity contribution in [2.45, 2.75) is 23.8 Å². The lowest BCUT2D eigenvalue weighted by atomic mass is 9.92. The van der Waals surface area contributed by atoms with Crippen LogP contribution in [-0.2, 0) is 14.3 Å². The molecule has 0 unspecified atom stereocenters. The maximum absolute atomic E-state index is 12.3. The number of aliphatic hydroxyl groups is 1. The predicted octanol–water partition coefficient (Wildman–Crippen LogP) is 1.31. The Morgan fingerprint density at radius 1 is 1.50 bits per heavy atom. The van der Waals surface area contributed by atoms with Crippen LogP contribution in [0.4, 0.5) is 0 Å². The van der Waals surface area contributed by atoms with E-state index in [-0.39, 0.29) is 24.3 Å². The highest BCUT2D eigenvalue weighted by Gasteiger charge is 2.56. The van der Waals surface area contributed by atoms with Gasteiger partial charge in [0.1, 0.15) is 5.78 Å². The van der Waals surface area contributed by atoms with Gasteiger partial charge >= 0.3 is 5.97 Å². The summed E-state index contributed by atoms with van der Waals surface area (Å²) in [6.07, 6.45) is 1.15. The zero-order valence-corrected chi connectivity index (χ0v) is 12.0. The van der Waals surface area contributed by atoms with Gasteiger partial charge in [-0.15, -0.1) is 23.5 Å². The SMILES string of the molecule is CCOC(=O)C1([C@H]2CCC(=O)[C@@H]2CO)SCCS1. The summed E-state index contributed by atoms with van der Waals surface area (Å²) < 4.78 is 4.53. The molecule has 1 heterocycles. The molecule has 4 nitrogen and oxygen atoms in total. The van der Waals surface area contributed by atoms with Crippen molar-refractivity contribution in [2.24, 2.45) is 11.8 Å². The first kappa shape index (κ1) is 14.2. The summed E-state index contributed by atoms with van der Waals surface area (Å²) in [6.45, 7) is 1.98. The molecule has 0 aromatic carbocycles. The molecule has 1 saturated heterocycles. The third-order valence-electron chi connectivity index (χ3n) is 3.56. The van der Waals surface area contributed by atoms with E-state index < -0.39 is 10.00 Å². The van der Waals surface area contributed by atoms with Gasteiger partial charge in [-0.25, -0.2) is 4.79 Å². The van der Waals surface area contributed by atoms with E-state index in [2.05, 4.69) is 0 Å². The number of carbonyl (C=O) groups excluding carboxylic acids is 2. The summed E-state index contributed by atoms with van der Waals surface area (Å²) in [4.78, 5) is 24.0. The van der Waals surface area contributed by atoms with E-state index in [1.54, 1.807) is 30.4 Å². The zero-order chi connectivity index (χ0) is 13.2. The molecule has 102 valence electrons. The van der Waals surface area contributed by atoms with Crippen molar-refractivity contribution >= 4 is 35.3 Å². The molecule has 1 saturated carbocycles. The number of aliphatic hydroxyl groups excluding tert-OH is 1. The topological polar surface area (TPSA) is 63.6 Å². The first-order chi connectivity index (χ1) is 8.65. The van der Waals surface area contributed by atoms with Crippen LogP contribution in [0, 0.1) is 11.8 Å². The summed E-state index contributed by atoms with van der Waals surface area (Å²) in [7, 11) is 0. The molecule has 1 aliphatic heterocycles. The Labute approximate surface area is 115 Å². The van der Waals surface area contributed by atoms with E-state index in [1.807, 2.05) is 0 Å². The van der Waals surface area contributed by atoms with Crippen molar-refractivity contribution < 1.29 is 19.4 Å². The fraction of sp³-hybridized carbons (Fsp3) is 0.833. The van der Waals surface area contributed by atoms with Crippen LogP contribution in [-0.4, -0.2) is 45.7 Å². The van der Waals surface area contributed by atoms with Crippen LogP contribution < -0.4 is 0 Å². The minimum Gasteiger partial charge on any atom is -0.464 e. The number of carbonyl (C=O) groups is 2. The second-order valence-electron chi connectivity index (χ2n) is 4.49. The van der Waals surface area contributed by atoms with Crippen LogP contribution in [0.2, 0.25) is 0 Å². The fourth-order valence-electron chi connectivity index (χ4n) is 2.74. The van der Waals surface area contributed by atoms with Gasteiger partial charge in [-0.1, -0.05) is 0 Å². The first-order valence-corrected chi connectivity index (χ1v) is 8.21. The van der Waals surface area contributed by atoms with Crippen LogP contribution in [0.25, 0.3) is 0 Å². The number of ketones is 1. The van der Waals surface area contributed by atoms with Crippen LogP contribution in [0.3, 0.4) is 0 Å². The molecule has 1 N–H and O–H groups in total. The summed E-state index contributed by atoms with van der Waals surface area (Å²) in [5, 5.41) is 9.40. The van der Waals surface area contributed by atoms with Crippen molar-refractivity contribution in [3.8, 4) is 0 Å². The lowest BCUT2D eigenvalue weighted by Gasteiger charge is -2.33. The Kier molecular flexibility index (Phi) is 4.61. The lowest BCUT2D eigenvalue weighted by molar-refractivity contribution is -0.145. The number of esters is 1. The van der Waals surface area contributed by atoms with Gasteiger partial charge in [0.05, 0.1) is 13.2 Å². The Morgan fingerprint density at radius 3 is 2.72 bits per heavy atom. The Balaban J connectivity index is 2.24. The minimum atomic E-state index is -0.671. The molecule has 2 fully saturated rings. The molecule has 0 aromatic heterocycles. The highest BCUT2D eigenvalue weighted by molar-refractivity contribution is 8.22. The molecule has 2 rings (SSSR count). The third-order valence-corrected chi connectivity index (χ3v) is 7.14. The molecule has 0 amide bonds. The average Bonchev–Trinajstić information content (AvgIpc) is 2.96. The van der Waals surface area contributed by atoms with Crippen LogP contribution in [0.15, 0.2) is 0 Å². The van der Waals surface area contributed by atoms with Gasteiger partial charge < -0.3 is 9.84 Å². The van der Waals surface area contributed by atoms with E-state index in [4.69, 9.17) is 4.74 Å². The van der Waals surface area contributed by atoms with E-state index in [0.29, 0.717) is 19.4 Å². The van der Waals surface area contributed by atoms with E-state index >= 15 is 0 Å². The number of hydrogen-bond donors (Lipinski definition) is 1. The standard InChI is InChI=1S/C12H18O4S2/c1-2-16-11(15)12(17-5-6-18-12)9-3-4-10(14)8(9)7-13/h8-9,13H,2-7H2,1H3/t8-,9+/m1/s1. The largest absolute Gasteiger partial charge is 0.464 e. The van der Waals surface area contributed by atoms with Crippen LogP contribution in [0.1, 0.15) is 19.8 Å². The quantitative estimate of drug-likeness (QED) is 0.788. The molecule has 18 heavy (non-hydrogen) atoms. The number of rotatable bonds is 4. The minimum absolute atomic E-state index is 0.0827. The summed E-state index contributed by atoms with van der Waals surface area (Å²) in [6, 6.07) is 0. The Bertz CT molecular complexity index is 339. The van der Waals surface area contributed by atoms with E-state index in [1.165, 1.54) is 0 Å². The second kappa shape index (κ2) is 5.84. The number of Topliss-reactive ketones (excluding diaryl/α,β-unsaturated/α-hetero) is 1.